The Kier molecular flexibility index (Phi) is 7.72. The molecule has 0 amide bonds. The maximum absolute atomic E-state index is 7.59. The Bertz CT molecular complexity index is 4210. The number of hydrogen-bond acceptors (Lipinski definition) is 4. The van der Waals surface area contributed by atoms with Crippen molar-refractivity contribution in [1.29, 1.82) is 0 Å². The van der Waals surface area contributed by atoms with Crippen LogP contribution in [0.2, 0.25) is 0 Å². The number of anilines is 6. The smallest absolute Gasteiger partial charge is 0.138 e. The van der Waals surface area contributed by atoms with Gasteiger partial charge in [0, 0.05) is 16.7 Å². The molecular weight excluding hydrogens is 960 g/mol. The molecule has 0 atom stereocenters. The van der Waals surface area contributed by atoms with Crippen LogP contribution in [0.25, 0.3) is 44.5 Å². The van der Waals surface area contributed by atoms with Crippen LogP contribution in [0.3, 0.4) is 0 Å². The summed E-state index contributed by atoms with van der Waals surface area (Å²) in [4.78, 5) is 5.11. The molecule has 0 fully saturated rings. The molecule has 356 valence electrons. The summed E-state index contributed by atoms with van der Waals surface area (Å²) in [6.45, 7) is 6.66. The first kappa shape index (κ1) is 41.8. The van der Waals surface area contributed by atoms with Gasteiger partial charge in [-0.25, -0.2) is 0 Å². The van der Waals surface area contributed by atoms with Gasteiger partial charge in [-0.2, -0.15) is 0 Å². The van der Waals surface area contributed by atoms with E-state index in [-0.39, 0.29) is 0 Å². The van der Waals surface area contributed by atoms with E-state index in [0.717, 1.165) is 67.4 Å². The fourth-order valence-electron chi connectivity index (χ4n) is 15.7. The quantitative estimate of drug-likeness (QED) is 0.160. The zero-order chi connectivity index (χ0) is 50.1. The molecule has 0 radical (unpaired) electrons. The Labute approximate surface area is 447 Å². The number of benzene rings is 11. The predicted molar refractivity (Wildman–Crippen MR) is 316 cm³/mol. The molecule has 2 spiro atoms. The van der Waals surface area contributed by atoms with Gasteiger partial charge in [-0.1, -0.05) is 170 Å². The third-order valence-electron chi connectivity index (χ3n) is 18.2. The molecule has 0 aromatic heterocycles. The van der Waals surface area contributed by atoms with Crippen molar-refractivity contribution in [2.75, 3.05) is 9.80 Å². The standard InChI is InChI=1S/C71H45N2OPS/c1-40-32-61-67-62(33-40)73(44-29-31-52-50-21-9-15-27-58(50)71(60(52)39-44)55-24-12-6-18-47(55)48-19-7-13-25-56(48)71)64-35-42(3)37-66-69(64)75(67,76)68-63(34-41(2)36-65(68)74-66)72(61)43-28-30-51-49-20-8-14-26-57(49)70(59(51)38-43)53-22-10-4-16-45(53)46-17-5-11-23-54(46)70/h4-39H,1-3H3. The molecule has 3 heterocycles. The van der Waals surface area contributed by atoms with Gasteiger partial charge in [-0.3, -0.25) is 0 Å². The van der Waals surface area contributed by atoms with Gasteiger partial charge in [-0.05, 0) is 187 Å². The second kappa shape index (κ2) is 14.0. The molecule has 0 saturated carbocycles. The number of fused-ring (bicyclic) bond motifs is 20. The summed E-state index contributed by atoms with van der Waals surface area (Å²) in [5.41, 5.74) is 30.2. The van der Waals surface area contributed by atoms with Gasteiger partial charge in [0.2, 0.25) is 0 Å². The number of rotatable bonds is 2. The van der Waals surface area contributed by atoms with Crippen LogP contribution in [0.1, 0.15) is 61.2 Å². The van der Waals surface area contributed by atoms with Crippen molar-refractivity contribution in [2.24, 2.45) is 0 Å². The van der Waals surface area contributed by atoms with Gasteiger partial charge in [0.1, 0.15) is 11.5 Å². The minimum atomic E-state index is -2.79. The van der Waals surface area contributed by atoms with E-state index in [9.17, 15) is 0 Å². The van der Waals surface area contributed by atoms with Crippen LogP contribution in [0.5, 0.6) is 11.5 Å². The monoisotopic (exact) mass is 1000 g/mol. The van der Waals surface area contributed by atoms with Gasteiger partial charge in [0.05, 0.1) is 50.2 Å². The molecule has 0 saturated heterocycles. The number of nitrogens with zero attached hydrogens (tertiary/aromatic N) is 2. The summed E-state index contributed by atoms with van der Waals surface area (Å²) in [6.07, 6.45) is 0. The lowest BCUT2D eigenvalue weighted by Gasteiger charge is -2.49. The number of hydrogen-bond donors (Lipinski definition) is 0. The molecule has 4 aliphatic carbocycles. The second-order valence-corrected chi connectivity index (χ2v) is 26.2. The minimum Gasteiger partial charge on any atom is -0.456 e. The van der Waals surface area contributed by atoms with Gasteiger partial charge in [0.25, 0.3) is 0 Å². The first-order valence-corrected chi connectivity index (χ1v) is 29.3. The fourth-order valence-corrected chi connectivity index (χ4v) is 20.8. The van der Waals surface area contributed by atoms with Crippen molar-refractivity contribution in [3.05, 3.63) is 280 Å². The lowest BCUT2D eigenvalue weighted by atomic mass is 9.70. The topological polar surface area (TPSA) is 15.7 Å². The SMILES string of the molecule is Cc1cc2c3c(c1)N(c1ccc4c(c1)C1(c5ccccc5-c5ccccc51)c1ccccc1-4)c1cc(C)cc4c1P3(=S)c1c(cc(C)cc1N4c1ccc3c(c1)C1(c4ccccc4-c4ccccc41)c1ccccc1-3)O2. The van der Waals surface area contributed by atoms with Crippen LogP contribution in [0.15, 0.2) is 218 Å². The first-order valence-electron chi connectivity index (χ1n) is 26.5. The van der Waals surface area contributed by atoms with E-state index in [1.165, 1.54) is 99.9 Å². The molecule has 18 rings (SSSR count). The Hall–Kier alpha value is -8.53. The minimum absolute atomic E-state index is 0.492. The molecule has 11 aromatic carbocycles. The van der Waals surface area contributed by atoms with Crippen LogP contribution in [-0.4, -0.2) is 0 Å². The molecule has 76 heavy (non-hydrogen) atoms. The van der Waals surface area contributed by atoms with Crippen molar-refractivity contribution >= 4 is 67.9 Å². The van der Waals surface area contributed by atoms with Crippen molar-refractivity contribution in [3.63, 3.8) is 0 Å². The highest BCUT2D eigenvalue weighted by Gasteiger charge is 2.56. The fraction of sp³-hybridized carbons (Fsp3) is 0.0704. The first-order chi connectivity index (χ1) is 37.3. The van der Waals surface area contributed by atoms with Crippen LogP contribution in [0, 0.1) is 20.8 Å². The summed E-state index contributed by atoms with van der Waals surface area (Å²) >= 11 is 7.59. The van der Waals surface area contributed by atoms with Crippen LogP contribution < -0.4 is 30.5 Å². The molecule has 7 aliphatic rings. The van der Waals surface area contributed by atoms with Crippen molar-refractivity contribution in [2.45, 2.75) is 31.6 Å². The average Bonchev–Trinajstić information content (AvgIpc) is 3.76. The van der Waals surface area contributed by atoms with E-state index in [1.54, 1.807) is 0 Å². The molecule has 0 bridgehead atoms. The summed E-state index contributed by atoms with van der Waals surface area (Å²) < 4.78 is 7.32. The maximum atomic E-state index is 7.59. The second-order valence-electron chi connectivity index (χ2n) is 22.0. The summed E-state index contributed by atoms with van der Waals surface area (Å²) in [5, 5.41) is 3.50. The highest BCUT2D eigenvalue weighted by Crippen LogP contribution is 2.69. The Morgan fingerprint density at radius 2 is 0.592 bits per heavy atom. The van der Waals surface area contributed by atoms with Gasteiger partial charge < -0.3 is 14.5 Å². The summed E-state index contributed by atoms with van der Waals surface area (Å²) in [7, 11) is 0. The van der Waals surface area contributed by atoms with E-state index in [2.05, 4.69) is 249 Å². The number of ether oxygens (including phenoxy) is 1. The third kappa shape index (κ3) is 4.67. The summed E-state index contributed by atoms with van der Waals surface area (Å²) in [6, 6.07) is 80.4. The van der Waals surface area contributed by atoms with Gasteiger partial charge in [0.15, 0.2) is 0 Å². The molecule has 0 N–H and O–H groups in total. The lowest BCUT2D eigenvalue weighted by Crippen LogP contribution is -2.45. The Morgan fingerprint density at radius 3 is 0.921 bits per heavy atom. The van der Waals surface area contributed by atoms with Crippen LogP contribution >= 0.6 is 6.04 Å². The molecular formula is C71H45N2OPS. The van der Waals surface area contributed by atoms with Crippen molar-refractivity contribution in [1.82, 2.24) is 0 Å². The normalized spacial score (nSPS) is 16.0. The zero-order valence-electron chi connectivity index (χ0n) is 41.9. The highest BCUT2D eigenvalue weighted by molar-refractivity contribution is 8.26. The van der Waals surface area contributed by atoms with Crippen LogP contribution in [0.4, 0.5) is 34.1 Å². The molecule has 3 aliphatic heterocycles. The lowest BCUT2D eigenvalue weighted by molar-refractivity contribution is 0.488. The summed E-state index contributed by atoms with van der Waals surface area (Å²) in [5.74, 6) is 1.75. The zero-order valence-corrected chi connectivity index (χ0v) is 43.7. The van der Waals surface area contributed by atoms with E-state index >= 15 is 0 Å². The largest absolute Gasteiger partial charge is 0.456 e. The van der Waals surface area contributed by atoms with E-state index in [4.69, 9.17) is 16.5 Å². The van der Waals surface area contributed by atoms with Crippen LogP contribution in [-0.2, 0) is 22.6 Å². The average molecular weight is 1010 g/mol. The van der Waals surface area contributed by atoms with Crippen molar-refractivity contribution in [3.8, 4) is 56.0 Å². The Morgan fingerprint density at radius 1 is 0.316 bits per heavy atom. The molecule has 5 heteroatoms. The Balaban J connectivity index is 0.916. The molecule has 3 nitrogen and oxygen atoms in total. The predicted octanol–water partition coefficient (Wildman–Crippen LogP) is 16.7. The molecule has 0 unspecified atom stereocenters. The van der Waals surface area contributed by atoms with Crippen molar-refractivity contribution < 1.29 is 4.74 Å². The number of aryl methyl sites for hydroxylation is 3. The van der Waals surface area contributed by atoms with Gasteiger partial charge >= 0.3 is 0 Å². The van der Waals surface area contributed by atoms with E-state index < -0.39 is 16.9 Å². The highest BCUT2D eigenvalue weighted by atomic mass is 32.4. The van der Waals surface area contributed by atoms with E-state index in [0.29, 0.717) is 0 Å². The van der Waals surface area contributed by atoms with E-state index in [1.807, 2.05) is 0 Å². The molecule has 11 aromatic rings. The maximum Gasteiger partial charge on any atom is 0.138 e. The van der Waals surface area contributed by atoms with Gasteiger partial charge in [-0.15, -0.1) is 0 Å². The third-order valence-corrected chi connectivity index (χ3v) is 23.1.